The Morgan fingerprint density at radius 1 is 1.23 bits per heavy atom. The summed E-state index contributed by atoms with van der Waals surface area (Å²) >= 11 is 8.23. The van der Waals surface area contributed by atoms with Crippen molar-refractivity contribution in [3.05, 3.63) is 61.7 Å². The Hall–Kier alpha value is -1.31. The summed E-state index contributed by atoms with van der Waals surface area (Å²) in [5, 5.41) is 0.676. The summed E-state index contributed by atoms with van der Waals surface area (Å²) in [5.74, 6) is 1.04. The van der Waals surface area contributed by atoms with Crippen molar-refractivity contribution >= 4 is 40.1 Å². The Bertz CT molecular complexity index is 863. The molecule has 2 aliphatic rings. The first-order chi connectivity index (χ1) is 12.5. The third-order valence-corrected chi connectivity index (χ3v) is 7.07. The average Bonchev–Trinajstić information content (AvgIpc) is 3.01. The van der Waals surface area contributed by atoms with Crippen LogP contribution >= 0.6 is 34.2 Å². The van der Waals surface area contributed by atoms with Crippen LogP contribution in [0.1, 0.15) is 34.3 Å². The number of carbonyl (C=O) groups is 1. The Morgan fingerprint density at radius 2 is 2.00 bits per heavy atom. The van der Waals surface area contributed by atoms with Gasteiger partial charge in [-0.2, -0.15) is 0 Å². The lowest BCUT2D eigenvalue weighted by molar-refractivity contribution is 0.0646. The SMILES string of the molecule is NCc1ccc2c(c1)C1(CCN(C(=O)c3ccc(Cl)c(I)c3)CC1)CO2. The molecule has 1 amide bonds. The smallest absolute Gasteiger partial charge is 0.253 e. The number of nitrogens with two attached hydrogens (primary N) is 1. The first-order valence-electron chi connectivity index (χ1n) is 8.73. The number of benzene rings is 2. The summed E-state index contributed by atoms with van der Waals surface area (Å²) in [4.78, 5) is 14.8. The summed E-state index contributed by atoms with van der Waals surface area (Å²) in [6.45, 7) is 2.68. The lowest BCUT2D eigenvalue weighted by atomic mass is 9.74. The minimum absolute atomic E-state index is 0.00567. The summed E-state index contributed by atoms with van der Waals surface area (Å²) in [6.07, 6.45) is 1.81. The van der Waals surface area contributed by atoms with Gasteiger partial charge in [0.25, 0.3) is 5.91 Å². The molecule has 0 aromatic heterocycles. The summed E-state index contributed by atoms with van der Waals surface area (Å²) in [7, 11) is 0. The van der Waals surface area contributed by atoms with Crippen LogP contribution in [0.2, 0.25) is 5.02 Å². The molecule has 0 bridgehead atoms. The second kappa shape index (κ2) is 7.02. The quantitative estimate of drug-likeness (QED) is 0.659. The molecule has 26 heavy (non-hydrogen) atoms. The van der Waals surface area contributed by atoms with Gasteiger partial charge < -0.3 is 15.4 Å². The van der Waals surface area contributed by atoms with Crippen LogP contribution in [-0.2, 0) is 12.0 Å². The van der Waals surface area contributed by atoms with Gasteiger partial charge in [0.05, 0.1) is 11.6 Å². The largest absolute Gasteiger partial charge is 0.492 e. The van der Waals surface area contributed by atoms with Gasteiger partial charge in [-0.1, -0.05) is 23.7 Å². The topological polar surface area (TPSA) is 55.6 Å². The van der Waals surface area contributed by atoms with Gasteiger partial charge in [0.1, 0.15) is 5.75 Å². The fraction of sp³-hybridized carbons (Fsp3) is 0.350. The Balaban J connectivity index is 1.52. The third kappa shape index (κ3) is 3.10. The number of halogens is 2. The van der Waals surface area contributed by atoms with Crippen molar-refractivity contribution < 1.29 is 9.53 Å². The van der Waals surface area contributed by atoms with E-state index in [0.717, 1.165) is 40.8 Å². The lowest BCUT2D eigenvalue weighted by Crippen LogP contribution is -2.46. The van der Waals surface area contributed by atoms with E-state index in [2.05, 4.69) is 28.7 Å². The molecule has 4 nitrogen and oxygen atoms in total. The van der Waals surface area contributed by atoms with Gasteiger partial charge in [0.2, 0.25) is 0 Å². The van der Waals surface area contributed by atoms with E-state index in [9.17, 15) is 4.79 Å². The highest BCUT2D eigenvalue weighted by molar-refractivity contribution is 14.1. The molecular weight excluding hydrogens is 463 g/mol. The predicted octanol–water partition coefficient (Wildman–Crippen LogP) is 3.97. The van der Waals surface area contributed by atoms with E-state index >= 15 is 0 Å². The molecule has 1 spiro atoms. The predicted molar refractivity (Wildman–Crippen MR) is 111 cm³/mol. The second-order valence-corrected chi connectivity index (χ2v) is 8.59. The number of amides is 1. The number of carbonyl (C=O) groups excluding carboxylic acids is 1. The first kappa shape index (κ1) is 18.1. The average molecular weight is 483 g/mol. The van der Waals surface area contributed by atoms with E-state index in [0.29, 0.717) is 23.7 Å². The van der Waals surface area contributed by atoms with Crippen molar-refractivity contribution in [3.63, 3.8) is 0 Å². The molecule has 136 valence electrons. The molecule has 1 saturated heterocycles. The van der Waals surface area contributed by atoms with Crippen molar-refractivity contribution in [2.75, 3.05) is 19.7 Å². The number of fused-ring (bicyclic) bond motifs is 2. The molecule has 2 N–H and O–H groups in total. The number of piperidine rings is 1. The van der Waals surface area contributed by atoms with Crippen LogP contribution in [0.3, 0.4) is 0 Å². The molecule has 4 rings (SSSR count). The van der Waals surface area contributed by atoms with Crippen LogP contribution in [0.25, 0.3) is 0 Å². The van der Waals surface area contributed by atoms with Gasteiger partial charge >= 0.3 is 0 Å². The van der Waals surface area contributed by atoms with E-state index < -0.39 is 0 Å². The van der Waals surface area contributed by atoms with Crippen molar-refractivity contribution in [3.8, 4) is 5.75 Å². The molecule has 2 aromatic rings. The summed E-state index contributed by atoms with van der Waals surface area (Å²) in [6, 6.07) is 11.7. The minimum Gasteiger partial charge on any atom is -0.492 e. The number of hydrogen-bond donors (Lipinski definition) is 1. The molecule has 0 saturated carbocycles. The zero-order valence-electron chi connectivity index (χ0n) is 14.3. The number of rotatable bonds is 2. The van der Waals surface area contributed by atoms with Crippen LogP contribution in [0, 0.1) is 3.57 Å². The summed E-state index contributed by atoms with van der Waals surface area (Å²) in [5.41, 5.74) is 8.90. The molecule has 6 heteroatoms. The van der Waals surface area contributed by atoms with E-state index in [1.54, 1.807) is 12.1 Å². The lowest BCUT2D eigenvalue weighted by Gasteiger charge is -2.38. The van der Waals surface area contributed by atoms with Gasteiger partial charge in [-0.3, -0.25) is 4.79 Å². The zero-order chi connectivity index (χ0) is 18.3. The first-order valence-corrected chi connectivity index (χ1v) is 10.2. The maximum absolute atomic E-state index is 12.8. The molecule has 0 radical (unpaired) electrons. The number of ether oxygens (including phenoxy) is 1. The summed E-state index contributed by atoms with van der Waals surface area (Å²) < 4.78 is 6.84. The third-order valence-electron chi connectivity index (χ3n) is 5.53. The molecule has 0 atom stereocenters. The fourth-order valence-electron chi connectivity index (χ4n) is 3.90. The normalized spacial score (nSPS) is 17.9. The number of hydrogen-bond acceptors (Lipinski definition) is 3. The van der Waals surface area contributed by atoms with Crippen LogP contribution in [0.4, 0.5) is 0 Å². The molecule has 2 aromatic carbocycles. The standard InChI is InChI=1S/C20H20ClIN2O2/c21-16-3-2-14(10-17(16)22)19(25)24-7-5-20(6-8-24)12-26-18-4-1-13(11-23)9-15(18)20/h1-4,9-10H,5-8,11-12,23H2. The van der Waals surface area contributed by atoms with Gasteiger partial charge in [-0.25, -0.2) is 0 Å². The number of likely N-dealkylation sites (tertiary alicyclic amines) is 1. The van der Waals surface area contributed by atoms with E-state index in [4.69, 9.17) is 22.1 Å². The molecule has 0 unspecified atom stereocenters. The van der Waals surface area contributed by atoms with Crippen molar-refractivity contribution in [1.29, 1.82) is 0 Å². The molecule has 0 aliphatic carbocycles. The zero-order valence-corrected chi connectivity index (χ0v) is 17.2. The Morgan fingerprint density at radius 3 is 2.69 bits per heavy atom. The van der Waals surface area contributed by atoms with E-state index in [1.807, 2.05) is 23.1 Å². The van der Waals surface area contributed by atoms with Gasteiger partial charge in [0, 0.05) is 39.7 Å². The Labute approximate surface area is 171 Å². The highest BCUT2D eigenvalue weighted by Crippen LogP contribution is 2.46. The highest BCUT2D eigenvalue weighted by Gasteiger charge is 2.43. The number of nitrogens with zero attached hydrogens (tertiary/aromatic N) is 1. The molecule has 1 fully saturated rings. The second-order valence-electron chi connectivity index (χ2n) is 7.02. The van der Waals surface area contributed by atoms with Crippen LogP contribution in [0.15, 0.2) is 36.4 Å². The molecular formula is C20H20ClIN2O2. The molecule has 2 aliphatic heterocycles. The maximum Gasteiger partial charge on any atom is 0.253 e. The van der Waals surface area contributed by atoms with Crippen molar-refractivity contribution in [2.45, 2.75) is 24.8 Å². The fourth-order valence-corrected chi connectivity index (χ4v) is 4.53. The van der Waals surface area contributed by atoms with E-state index in [1.165, 1.54) is 5.56 Å². The van der Waals surface area contributed by atoms with E-state index in [-0.39, 0.29) is 11.3 Å². The maximum atomic E-state index is 12.8. The van der Waals surface area contributed by atoms with Gasteiger partial charge in [0.15, 0.2) is 0 Å². The van der Waals surface area contributed by atoms with Crippen molar-refractivity contribution in [2.24, 2.45) is 5.73 Å². The minimum atomic E-state index is 0.00567. The van der Waals surface area contributed by atoms with Gasteiger partial charge in [-0.05, 0) is 65.3 Å². The van der Waals surface area contributed by atoms with Gasteiger partial charge in [-0.15, -0.1) is 0 Å². The van der Waals surface area contributed by atoms with Crippen LogP contribution < -0.4 is 10.5 Å². The van der Waals surface area contributed by atoms with Crippen molar-refractivity contribution in [1.82, 2.24) is 4.90 Å². The van der Waals surface area contributed by atoms with Crippen LogP contribution in [-0.4, -0.2) is 30.5 Å². The van der Waals surface area contributed by atoms with Crippen LogP contribution in [0.5, 0.6) is 5.75 Å². The Kier molecular flexibility index (Phi) is 4.88. The molecule has 2 heterocycles. The monoisotopic (exact) mass is 482 g/mol. The highest BCUT2D eigenvalue weighted by atomic mass is 127.